The average molecular weight is 377 g/mol. The van der Waals surface area contributed by atoms with Crippen LogP contribution in [0.3, 0.4) is 0 Å². The number of amides is 1. The van der Waals surface area contributed by atoms with E-state index in [0.717, 1.165) is 11.4 Å². The molecule has 0 radical (unpaired) electrons. The molecule has 2 aromatic carbocycles. The molecule has 2 aromatic rings. The number of nitro groups is 1. The molecule has 0 spiro atoms. The molecule has 0 heterocycles. The lowest BCUT2D eigenvalue weighted by Crippen LogP contribution is -2.25. The third kappa shape index (κ3) is 5.75. The van der Waals surface area contributed by atoms with Crippen LogP contribution < -0.4 is 15.5 Å². The van der Waals surface area contributed by atoms with Crippen molar-refractivity contribution in [2.75, 3.05) is 18.5 Å². The molecule has 0 aliphatic carbocycles. The zero-order valence-corrected chi connectivity index (χ0v) is 14.7. The number of hydrazone groups is 1. The largest absolute Gasteiger partial charge is 0.494 e. The van der Waals surface area contributed by atoms with Crippen LogP contribution in [0.4, 0.5) is 11.4 Å². The van der Waals surface area contributed by atoms with E-state index in [0.29, 0.717) is 17.2 Å². The van der Waals surface area contributed by atoms with Gasteiger partial charge in [0.1, 0.15) is 5.75 Å². The lowest BCUT2D eigenvalue weighted by atomic mass is 10.2. The Labute approximate surface area is 155 Å². The molecule has 0 fully saturated rings. The first-order valence-electron chi connectivity index (χ1n) is 7.72. The fourth-order valence-electron chi connectivity index (χ4n) is 1.98. The monoisotopic (exact) mass is 376 g/mol. The van der Waals surface area contributed by atoms with Gasteiger partial charge in [-0.1, -0.05) is 11.6 Å². The van der Waals surface area contributed by atoms with Gasteiger partial charge in [-0.3, -0.25) is 14.9 Å². The van der Waals surface area contributed by atoms with E-state index in [4.69, 9.17) is 16.3 Å². The third-order valence-electron chi connectivity index (χ3n) is 3.20. The number of carbonyl (C=O) groups excluding carboxylic acids is 1. The highest BCUT2D eigenvalue weighted by Crippen LogP contribution is 2.20. The van der Waals surface area contributed by atoms with Gasteiger partial charge in [-0.2, -0.15) is 5.10 Å². The maximum Gasteiger partial charge on any atom is 0.270 e. The Kier molecular flexibility index (Phi) is 6.92. The molecular weight excluding hydrogens is 360 g/mol. The molecule has 0 aromatic heterocycles. The van der Waals surface area contributed by atoms with E-state index in [1.54, 1.807) is 24.3 Å². The molecule has 8 nitrogen and oxygen atoms in total. The predicted octanol–water partition coefficient (Wildman–Crippen LogP) is 3.21. The molecule has 0 aliphatic rings. The number of hydrogen-bond donors (Lipinski definition) is 2. The number of non-ortho nitro benzene ring substituents is 1. The van der Waals surface area contributed by atoms with Gasteiger partial charge in [-0.25, -0.2) is 5.43 Å². The first kappa shape index (κ1) is 19.2. The van der Waals surface area contributed by atoms with Crippen LogP contribution in [0, 0.1) is 10.1 Å². The SMILES string of the molecule is CCOc1ccc(NCC(=O)N/N=C\c2cc([N+](=O)[O-])ccc2Cl)cc1. The van der Waals surface area contributed by atoms with E-state index in [1.807, 2.05) is 6.92 Å². The molecule has 0 saturated carbocycles. The first-order chi connectivity index (χ1) is 12.5. The summed E-state index contributed by atoms with van der Waals surface area (Å²) in [5.41, 5.74) is 3.30. The van der Waals surface area contributed by atoms with Gasteiger partial charge in [-0.05, 0) is 37.3 Å². The third-order valence-corrected chi connectivity index (χ3v) is 3.55. The molecule has 0 bridgehead atoms. The number of ether oxygens (including phenoxy) is 1. The number of carbonyl (C=O) groups is 1. The summed E-state index contributed by atoms with van der Waals surface area (Å²) in [7, 11) is 0. The summed E-state index contributed by atoms with van der Waals surface area (Å²) < 4.78 is 5.34. The summed E-state index contributed by atoms with van der Waals surface area (Å²) in [5, 5.41) is 17.8. The zero-order chi connectivity index (χ0) is 18.9. The number of nitrogens with one attached hydrogen (secondary N) is 2. The van der Waals surface area contributed by atoms with Crippen LogP contribution in [0.1, 0.15) is 12.5 Å². The fourth-order valence-corrected chi connectivity index (χ4v) is 2.14. The van der Waals surface area contributed by atoms with Crippen molar-refractivity contribution in [2.45, 2.75) is 6.92 Å². The Morgan fingerprint density at radius 1 is 1.31 bits per heavy atom. The zero-order valence-electron chi connectivity index (χ0n) is 13.9. The lowest BCUT2D eigenvalue weighted by Gasteiger charge is -2.07. The van der Waals surface area contributed by atoms with Crippen LogP contribution in [-0.2, 0) is 4.79 Å². The minimum absolute atomic E-state index is 0.00793. The van der Waals surface area contributed by atoms with E-state index in [9.17, 15) is 14.9 Å². The van der Waals surface area contributed by atoms with Crippen LogP contribution in [0.5, 0.6) is 5.75 Å². The summed E-state index contributed by atoms with van der Waals surface area (Å²) in [4.78, 5) is 22.0. The summed E-state index contributed by atoms with van der Waals surface area (Å²) in [6.45, 7) is 2.49. The van der Waals surface area contributed by atoms with E-state index in [2.05, 4.69) is 15.8 Å². The molecule has 1 amide bonds. The maximum absolute atomic E-state index is 11.8. The van der Waals surface area contributed by atoms with Crippen molar-refractivity contribution in [1.29, 1.82) is 0 Å². The number of rotatable bonds is 8. The average Bonchev–Trinajstić information content (AvgIpc) is 2.63. The highest BCUT2D eigenvalue weighted by Gasteiger charge is 2.08. The van der Waals surface area contributed by atoms with Crippen molar-refractivity contribution in [1.82, 2.24) is 5.43 Å². The van der Waals surface area contributed by atoms with E-state index in [-0.39, 0.29) is 18.1 Å². The Balaban J connectivity index is 1.85. The van der Waals surface area contributed by atoms with Crippen LogP contribution in [0.15, 0.2) is 47.6 Å². The van der Waals surface area contributed by atoms with Crippen LogP contribution in [0.2, 0.25) is 5.02 Å². The summed E-state index contributed by atoms with van der Waals surface area (Å²) in [5.74, 6) is 0.373. The van der Waals surface area contributed by atoms with Crippen molar-refractivity contribution < 1.29 is 14.5 Å². The Morgan fingerprint density at radius 3 is 2.69 bits per heavy atom. The molecule has 9 heteroatoms. The standard InChI is InChI=1S/C17H17ClN4O4/c1-2-26-15-6-3-13(4-7-15)19-11-17(23)21-20-10-12-9-14(22(24)25)5-8-16(12)18/h3-10,19H,2,11H2,1H3,(H,21,23)/b20-10-. The minimum Gasteiger partial charge on any atom is -0.494 e. The second-order valence-corrected chi connectivity index (χ2v) is 5.47. The van der Waals surface area contributed by atoms with Crippen LogP contribution in [-0.4, -0.2) is 30.2 Å². The van der Waals surface area contributed by atoms with Gasteiger partial charge >= 0.3 is 0 Å². The van der Waals surface area contributed by atoms with Crippen molar-refractivity contribution >= 4 is 35.1 Å². The number of benzene rings is 2. The Hall–Kier alpha value is -3.13. The summed E-state index contributed by atoms with van der Waals surface area (Å²) in [6, 6.07) is 11.2. The van der Waals surface area contributed by atoms with Gasteiger partial charge in [0.25, 0.3) is 11.6 Å². The number of anilines is 1. The molecule has 0 saturated heterocycles. The molecule has 26 heavy (non-hydrogen) atoms. The Morgan fingerprint density at radius 2 is 2.04 bits per heavy atom. The molecule has 0 unspecified atom stereocenters. The highest BCUT2D eigenvalue weighted by molar-refractivity contribution is 6.33. The predicted molar refractivity (Wildman–Crippen MR) is 99.9 cm³/mol. The van der Waals surface area contributed by atoms with Crippen molar-refractivity contribution in [2.24, 2.45) is 5.10 Å². The summed E-state index contributed by atoms with van der Waals surface area (Å²) >= 11 is 5.94. The smallest absolute Gasteiger partial charge is 0.270 e. The molecule has 0 aliphatic heterocycles. The number of halogens is 1. The molecule has 2 rings (SSSR count). The summed E-state index contributed by atoms with van der Waals surface area (Å²) in [6.07, 6.45) is 1.25. The molecular formula is C17H17ClN4O4. The van der Waals surface area contributed by atoms with Crippen LogP contribution >= 0.6 is 11.6 Å². The van der Waals surface area contributed by atoms with Gasteiger partial charge in [0.05, 0.1) is 24.3 Å². The highest BCUT2D eigenvalue weighted by atomic mass is 35.5. The van der Waals surface area contributed by atoms with E-state index < -0.39 is 4.92 Å². The second kappa shape index (κ2) is 9.38. The number of nitro benzene ring substituents is 1. The van der Waals surface area contributed by atoms with Gasteiger partial charge in [0, 0.05) is 28.4 Å². The van der Waals surface area contributed by atoms with Crippen molar-refractivity contribution in [3.63, 3.8) is 0 Å². The quantitative estimate of drug-likeness (QED) is 0.418. The van der Waals surface area contributed by atoms with E-state index in [1.165, 1.54) is 24.4 Å². The van der Waals surface area contributed by atoms with Crippen LogP contribution in [0.25, 0.3) is 0 Å². The van der Waals surface area contributed by atoms with Gasteiger partial charge in [0.2, 0.25) is 0 Å². The second-order valence-electron chi connectivity index (χ2n) is 5.07. The Bertz CT molecular complexity index is 809. The topological polar surface area (TPSA) is 106 Å². The number of nitrogens with zero attached hydrogens (tertiary/aromatic N) is 2. The van der Waals surface area contributed by atoms with Crippen molar-refractivity contribution in [3.05, 3.63) is 63.2 Å². The van der Waals surface area contributed by atoms with E-state index >= 15 is 0 Å². The fraction of sp³-hybridized carbons (Fsp3) is 0.176. The van der Waals surface area contributed by atoms with Gasteiger partial charge in [0.15, 0.2) is 0 Å². The molecule has 2 N–H and O–H groups in total. The molecule has 0 atom stereocenters. The van der Waals surface area contributed by atoms with Gasteiger partial charge in [-0.15, -0.1) is 0 Å². The minimum atomic E-state index is -0.535. The molecule has 136 valence electrons. The first-order valence-corrected chi connectivity index (χ1v) is 8.10. The number of hydrogen-bond acceptors (Lipinski definition) is 6. The lowest BCUT2D eigenvalue weighted by molar-refractivity contribution is -0.384. The van der Waals surface area contributed by atoms with Crippen molar-refractivity contribution in [3.8, 4) is 5.75 Å². The maximum atomic E-state index is 11.8. The van der Waals surface area contributed by atoms with Gasteiger partial charge < -0.3 is 10.1 Å². The normalized spacial score (nSPS) is 10.5.